The molecule has 1 aromatic carbocycles. The number of carbonyl (C=O) groups is 2. The van der Waals surface area contributed by atoms with E-state index in [9.17, 15) is 28.5 Å². The molecular formula is C12H7ClF2N2O4. The molecule has 21 heavy (non-hydrogen) atoms. The zero-order valence-electron chi connectivity index (χ0n) is 10.5. The van der Waals surface area contributed by atoms with Crippen molar-refractivity contribution in [3.63, 3.8) is 0 Å². The quantitative estimate of drug-likeness (QED) is 0.360. The van der Waals surface area contributed by atoms with E-state index in [1.54, 1.807) is 0 Å². The molecule has 0 radical (unpaired) electrons. The van der Waals surface area contributed by atoms with E-state index in [4.69, 9.17) is 16.9 Å². The highest BCUT2D eigenvalue weighted by atomic mass is 35.5. The standard InChI is InChI=1S/C12H7ClF2N2O4/c1-12(14,15)11(19)8(5-16)10(18)7-3-2-6(13)4-9(7)17(20)21/h2-4,8H,1H3. The minimum absolute atomic E-state index is 0.0566. The number of hydrogen-bond donors (Lipinski definition) is 0. The zero-order valence-corrected chi connectivity index (χ0v) is 11.2. The smallest absolute Gasteiger partial charge is 0.292 e. The number of nitro benzene ring substituents is 1. The molecule has 0 N–H and O–H groups in total. The number of nitrogens with zero attached hydrogens (tertiary/aromatic N) is 2. The van der Waals surface area contributed by atoms with Gasteiger partial charge in [-0.2, -0.15) is 14.0 Å². The van der Waals surface area contributed by atoms with Crippen LogP contribution in [0, 0.1) is 27.4 Å². The summed E-state index contributed by atoms with van der Waals surface area (Å²) in [6.07, 6.45) is 0. The van der Waals surface area contributed by atoms with Crippen molar-refractivity contribution < 1.29 is 23.3 Å². The van der Waals surface area contributed by atoms with E-state index in [2.05, 4.69) is 0 Å². The third-order valence-electron chi connectivity index (χ3n) is 2.51. The molecule has 0 aliphatic heterocycles. The lowest BCUT2D eigenvalue weighted by molar-refractivity contribution is -0.385. The van der Waals surface area contributed by atoms with Crippen molar-refractivity contribution in [1.29, 1.82) is 5.26 Å². The van der Waals surface area contributed by atoms with E-state index in [1.165, 1.54) is 0 Å². The SMILES string of the molecule is CC(F)(F)C(=O)C(C#N)C(=O)c1ccc(Cl)cc1[N+](=O)[O-]. The number of halogens is 3. The summed E-state index contributed by atoms with van der Waals surface area (Å²) < 4.78 is 25.9. The topological polar surface area (TPSA) is 101 Å². The number of ketones is 2. The molecular weight excluding hydrogens is 310 g/mol. The van der Waals surface area contributed by atoms with Gasteiger partial charge in [-0.15, -0.1) is 0 Å². The Morgan fingerprint density at radius 2 is 2.05 bits per heavy atom. The maximum atomic E-state index is 12.9. The lowest BCUT2D eigenvalue weighted by atomic mass is 9.91. The van der Waals surface area contributed by atoms with Gasteiger partial charge in [0.15, 0.2) is 11.7 Å². The number of rotatable bonds is 5. The molecule has 110 valence electrons. The maximum Gasteiger partial charge on any atom is 0.304 e. The number of benzene rings is 1. The van der Waals surface area contributed by atoms with Crippen LogP contribution in [0.2, 0.25) is 5.02 Å². The highest BCUT2D eigenvalue weighted by Crippen LogP contribution is 2.28. The fourth-order valence-electron chi connectivity index (χ4n) is 1.51. The van der Waals surface area contributed by atoms with E-state index < -0.39 is 39.6 Å². The summed E-state index contributed by atoms with van der Waals surface area (Å²) in [6, 6.07) is 4.01. The number of carbonyl (C=O) groups excluding carboxylic acids is 2. The van der Waals surface area contributed by atoms with Crippen molar-refractivity contribution in [2.75, 3.05) is 0 Å². The van der Waals surface area contributed by atoms with Gasteiger partial charge in [0.1, 0.15) is 0 Å². The van der Waals surface area contributed by atoms with Crippen molar-refractivity contribution in [3.8, 4) is 6.07 Å². The maximum absolute atomic E-state index is 12.9. The number of Topliss-reactive ketones (excluding diaryl/α,β-unsaturated/α-hetero) is 2. The van der Waals surface area contributed by atoms with Gasteiger partial charge in [0.2, 0.25) is 5.78 Å². The van der Waals surface area contributed by atoms with Crippen LogP contribution >= 0.6 is 11.6 Å². The average Bonchev–Trinajstić information content (AvgIpc) is 2.37. The summed E-state index contributed by atoms with van der Waals surface area (Å²) in [5.74, 6) is -9.52. The van der Waals surface area contributed by atoms with Crippen LogP contribution in [-0.2, 0) is 4.79 Å². The predicted molar refractivity (Wildman–Crippen MR) is 67.2 cm³/mol. The van der Waals surface area contributed by atoms with E-state index in [0.717, 1.165) is 24.3 Å². The molecule has 0 spiro atoms. The monoisotopic (exact) mass is 316 g/mol. The molecule has 0 aliphatic carbocycles. The van der Waals surface area contributed by atoms with E-state index >= 15 is 0 Å². The molecule has 0 saturated heterocycles. The number of alkyl halides is 2. The molecule has 9 heteroatoms. The van der Waals surface area contributed by atoms with Crippen LogP contribution in [0.5, 0.6) is 0 Å². The minimum atomic E-state index is -3.91. The molecule has 6 nitrogen and oxygen atoms in total. The van der Waals surface area contributed by atoms with Crippen LogP contribution in [0.15, 0.2) is 18.2 Å². The van der Waals surface area contributed by atoms with E-state index in [1.807, 2.05) is 0 Å². The Kier molecular flexibility index (Phi) is 4.70. The van der Waals surface area contributed by atoms with Gasteiger partial charge in [0, 0.05) is 18.0 Å². The first-order valence-electron chi connectivity index (χ1n) is 5.39. The lowest BCUT2D eigenvalue weighted by Crippen LogP contribution is -2.35. The molecule has 0 bridgehead atoms. The Morgan fingerprint density at radius 3 is 2.48 bits per heavy atom. The highest BCUT2D eigenvalue weighted by molar-refractivity contribution is 6.31. The van der Waals surface area contributed by atoms with Crippen molar-refractivity contribution in [2.45, 2.75) is 12.8 Å². The molecule has 0 aromatic heterocycles. The number of nitriles is 1. The van der Waals surface area contributed by atoms with Crippen LogP contribution in [0.4, 0.5) is 14.5 Å². The van der Waals surface area contributed by atoms with Crippen molar-refractivity contribution in [1.82, 2.24) is 0 Å². The fraction of sp³-hybridized carbons (Fsp3) is 0.250. The number of nitro groups is 1. The van der Waals surface area contributed by atoms with Crippen LogP contribution in [0.25, 0.3) is 0 Å². The molecule has 0 fully saturated rings. The molecule has 1 atom stereocenters. The summed E-state index contributed by atoms with van der Waals surface area (Å²) in [5, 5.41) is 19.5. The Bertz CT molecular complexity index is 664. The summed E-state index contributed by atoms with van der Waals surface area (Å²) in [6.45, 7) is 0.239. The van der Waals surface area contributed by atoms with Crippen molar-refractivity contribution in [3.05, 3.63) is 38.9 Å². The second-order valence-corrected chi connectivity index (χ2v) is 4.53. The Labute approximate surface area is 122 Å². The van der Waals surface area contributed by atoms with Gasteiger partial charge in [-0.25, -0.2) is 0 Å². The lowest BCUT2D eigenvalue weighted by Gasteiger charge is -2.12. The third kappa shape index (κ3) is 3.58. The Hall–Kier alpha value is -2.40. The summed E-state index contributed by atoms with van der Waals surface area (Å²) >= 11 is 5.55. The van der Waals surface area contributed by atoms with Crippen LogP contribution in [-0.4, -0.2) is 22.4 Å². The minimum Gasteiger partial charge on any atom is -0.292 e. The molecule has 1 unspecified atom stereocenters. The van der Waals surface area contributed by atoms with Gasteiger partial charge in [-0.05, 0) is 12.1 Å². The summed E-state index contributed by atoms with van der Waals surface area (Å²) in [4.78, 5) is 33.2. The molecule has 1 rings (SSSR count). The fourth-order valence-corrected chi connectivity index (χ4v) is 1.68. The second kappa shape index (κ2) is 5.93. The predicted octanol–water partition coefficient (Wildman–Crippen LogP) is 2.79. The normalized spacial score (nSPS) is 12.3. The van der Waals surface area contributed by atoms with Crippen LogP contribution in [0.3, 0.4) is 0 Å². The molecule has 0 heterocycles. The van der Waals surface area contributed by atoms with Crippen LogP contribution in [0.1, 0.15) is 17.3 Å². The molecule has 1 aromatic rings. The first-order valence-corrected chi connectivity index (χ1v) is 5.77. The molecule has 0 saturated carbocycles. The van der Waals surface area contributed by atoms with Gasteiger partial charge in [-0.1, -0.05) is 11.6 Å². The molecule has 0 aliphatic rings. The van der Waals surface area contributed by atoms with Gasteiger partial charge < -0.3 is 0 Å². The highest BCUT2D eigenvalue weighted by Gasteiger charge is 2.43. The van der Waals surface area contributed by atoms with E-state index in [0.29, 0.717) is 0 Å². The first kappa shape index (κ1) is 16.7. The van der Waals surface area contributed by atoms with Crippen molar-refractivity contribution >= 4 is 28.9 Å². The Balaban J connectivity index is 3.34. The molecule has 0 amide bonds. The largest absolute Gasteiger partial charge is 0.304 e. The van der Waals surface area contributed by atoms with Gasteiger partial charge in [0.05, 0.1) is 16.6 Å². The average molecular weight is 317 g/mol. The van der Waals surface area contributed by atoms with E-state index in [-0.39, 0.29) is 11.9 Å². The third-order valence-corrected chi connectivity index (χ3v) is 2.74. The van der Waals surface area contributed by atoms with Gasteiger partial charge in [0.25, 0.3) is 5.69 Å². The summed E-state index contributed by atoms with van der Waals surface area (Å²) in [5.41, 5.74) is -1.39. The second-order valence-electron chi connectivity index (χ2n) is 4.10. The van der Waals surface area contributed by atoms with Gasteiger partial charge in [-0.3, -0.25) is 19.7 Å². The number of hydrogen-bond acceptors (Lipinski definition) is 5. The van der Waals surface area contributed by atoms with Crippen molar-refractivity contribution in [2.24, 2.45) is 5.92 Å². The first-order chi connectivity index (χ1) is 9.59. The Morgan fingerprint density at radius 1 is 1.48 bits per heavy atom. The van der Waals surface area contributed by atoms with Crippen LogP contribution < -0.4 is 0 Å². The summed E-state index contributed by atoms with van der Waals surface area (Å²) in [7, 11) is 0. The van der Waals surface area contributed by atoms with Gasteiger partial charge >= 0.3 is 5.92 Å². The zero-order chi connectivity index (χ0) is 16.4.